The monoisotopic (exact) mass is 348 g/mol. The van der Waals surface area contributed by atoms with Crippen molar-refractivity contribution in [2.45, 2.75) is 25.8 Å². The predicted molar refractivity (Wildman–Crippen MR) is 92.8 cm³/mol. The Hall–Kier alpha value is -1.85. The summed E-state index contributed by atoms with van der Waals surface area (Å²) >= 11 is 7.68. The lowest BCUT2D eigenvalue weighted by Gasteiger charge is -2.40. The summed E-state index contributed by atoms with van der Waals surface area (Å²) in [6.45, 7) is 2.55. The molecule has 2 heterocycles. The molecule has 2 aromatic rings. The molecule has 1 atom stereocenters. The Kier molecular flexibility index (Phi) is 4.68. The molecule has 1 aliphatic rings. The summed E-state index contributed by atoms with van der Waals surface area (Å²) in [6, 6.07) is 9.46. The number of likely N-dealkylation sites (tertiary alicyclic amines) is 1. The van der Waals surface area contributed by atoms with E-state index in [1.54, 1.807) is 34.4 Å². The van der Waals surface area contributed by atoms with Gasteiger partial charge in [-0.1, -0.05) is 23.7 Å². The zero-order chi connectivity index (χ0) is 16.4. The van der Waals surface area contributed by atoms with Gasteiger partial charge in [0.15, 0.2) is 0 Å². The van der Waals surface area contributed by atoms with Gasteiger partial charge in [-0.25, -0.2) is 0 Å². The van der Waals surface area contributed by atoms with Gasteiger partial charge < -0.3 is 10.2 Å². The summed E-state index contributed by atoms with van der Waals surface area (Å²) in [4.78, 5) is 27.4. The van der Waals surface area contributed by atoms with E-state index in [0.29, 0.717) is 17.3 Å². The molecule has 1 fully saturated rings. The lowest BCUT2D eigenvalue weighted by Crippen LogP contribution is -2.45. The molecule has 120 valence electrons. The van der Waals surface area contributed by atoms with Gasteiger partial charge in [0.25, 0.3) is 0 Å². The first kappa shape index (κ1) is 16.0. The van der Waals surface area contributed by atoms with Crippen LogP contribution in [0.3, 0.4) is 0 Å². The maximum absolute atomic E-state index is 12.3. The lowest BCUT2D eigenvalue weighted by molar-refractivity contribution is -0.141. The van der Waals surface area contributed by atoms with Crippen molar-refractivity contribution in [2.24, 2.45) is 0 Å². The minimum Gasteiger partial charge on any atom is -0.334 e. The van der Waals surface area contributed by atoms with Crippen LogP contribution in [0.4, 0.5) is 5.69 Å². The topological polar surface area (TPSA) is 49.4 Å². The average Bonchev–Trinajstić information content (AvgIpc) is 2.96. The van der Waals surface area contributed by atoms with Gasteiger partial charge in [0.2, 0.25) is 11.8 Å². The molecule has 4 nitrogen and oxygen atoms in total. The maximum Gasteiger partial charge on any atom is 0.233 e. The van der Waals surface area contributed by atoms with Crippen LogP contribution in [0.2, 0.25) is 5.02 Å². The van der Waals surface area contributed by atoms with Crippen molar-refractivity contribution >= 4 is 40.4 Å². The van der Waals surface area contributed by atoms with E-state index in [-0.39, 0.29) is 24.3 Å². The largest absolute Gasteiger partial charge is 0.334 e. The first-order valence-electron chi connectivity index (χ1n) is 7.44. The van der Waals surface area contributed by atoms with Crippen molar-refractivity contribution in [1.82, 2.24) is 4.90 Å². The van der Waals surface area contributed by atoms with E-state index in [0.717, 1.165) is 12.0 Å². The summed E-state index contributed by atoms with van der Waals surface area (Å²) in [5.74, 6) is -0.441. The smallest absolute Gasteiger partial charge is 0.233 e. The van der Waals surface area contributed by atoms with Crippen molar-refractivity contribution in [3.05, 3.63) is 51.2 Å². The minimum absolute atomic E-state index is 0.128. The predicted octanol–water partition coefficient (Wildman–Crippen LogP) is 4.01. The van der Waals surface area contributed by atoms with Crippen molar-refractivity contribution in [2.75, 3.05) is 11.9 Å². The molecule has 1 aromatic heterocycles. The van der Waals surface area contributed by atoms with E-state index in [2.05, 4.69) is 5.32 Å². The number of amides is 2. The standard InChI is InChI=1S/C17H17ClN2O2S/c1-11-12(18)4-2-5-13(11)19-16(21)10-17(22)20-8-7-14(20)15-6-3-9-23-15/h2-6,9,14H,7-8,10H2,1H3,(H,19,21). The zero-order valence-corrected chi connectivity index (χ0v) is 14.3. The van der Waals surface area contributed by atoms with Gasteiger partial charge in [0.05, 0.1) is 6.04 Å². The lowest BCUT2D eigenvalue weighted by atomic mass is 10.0. The number of hydrogen-bond donors (Lipinski definition) is 1. The van der Waals surface area contributed by atoms with Crippen molar-refractivity contribution < 1.29 is 9.59 Å². The number of nitrogens with one attached hydrogen (secondary N) is 1. The number of carbonyl (C=O) groups is 2. The highest BCUT2D eigenvalue weighted by Crippen LogP contribution is 2.36. The molecule has 6 heteroatoms. The first-order chi connectivity index (χ1) is 11.1. The van der Waals surface area contributed by atoms with E-state index in [4.69, 9.17) is 11.6 Å². The van der Waals surface area contributed by atoms with Gasteiger partial charge in [0, 0.05) is 22.1 Å². The molecule has 1 aliphatic heterocycles. The van der Waals surface area contributed by atoms with Gasteiger partial charge in [0.1, 0.15) is 6.42 Å². The highest BCUT2D eigenvalue weighted by Gasteiger charge is 2.34. The molecule has 1 saturated heterocycles. The molecule has 0 aliphatic carbocycles. The van der Waals surface area contributed by atoms with Crippen LogP contribution in [-0.4, -0.2) is 23.3 Å². The highest BCUT2D eigenvalue weighted by atomic mass is 35.5. The molecule has 23 heavy (non-hydrogen) atoms. The zero-order valence-electron chi connectivity index (χ0n) is 12.7. The highest BCUT2D eigenvalue weighted by molar-refractivity contribution is 7.10. The molecule has 0 radical (unpaired) electrons. The fourth-order valence-corrected chi connectivity index (χ4v) is 3.69. The van der Waals surface area contributed by atoms with E-state index in [9.17, 15) is 9.59 Å². The Labute approximate surface area is 144 Å². The Morgan fingerprint density at radius 1 is 1.35 bits per heavy atom. The number of thiophene rings is 1. The van der Waals surface area contributed by atoms with E-state index < -0.39 is 0 Å². The third-order valence-electron chi connectivity index (χ3n) is 4.07. The molecular formula is C17H17ClN2O2S. The number of benzene rings is 1. The summed E-state index contributed by atoms with van der Waals surface area (Å²) in [5.41, 5.74) is 1.45. The third kappa shape index (κ3) is 3.41. The van der Waals surface area contributed by atoms with Crippen LogP contribution in [0, 0.1) is 6.92 Å². The van der Waals surface area contributed by atoms with E-state index in [1.807, 2.05) is 24.4 Å². The fourth-order valence-electron chi connectivity index (χ4n) is 2.64. The normalized spacial score (nSPS) is 16.8. The van der Waals surface area contributed by atoms with Crippen LogP contribution in [0.1, 0.15) is 29.3 Å². The maximum atomic E-state index is 12.3. The fraction of sp³-hybridized carbons (Fsp3) is 0.294. The quantitative estimate of drug-likeness (QED) is 0.848. The summed E-state index contributed by atoms with van der Waals surface area (Å²) < 4.78 is 0. The number of anilines is 1. The number of halogens is 1. The third-order valence-corrected chi connectivity index (χ3v) is 5.45. The summed E-state index contributed by atoms with van der Waals surface area (Å²) in [6.07, 6.45) is 0.815. The molecule has 0 bridgehead atoms. The van der Waals surface area contributed by atoms with Crippen LogP contribution >= 0.6 is 22.9 Å². The molecule has 2 amide bonds. The molecular weight excluding hydrogens is 332 g/mol. The van der Waals surface area contributed by atoms with Crippen molar-refractivity contribution in [3.63, 3.8) is 0 Å². The molecule has 1 aromatic carbocycles. The summed E-state index contributed by atoms with van der Waals surface area (Å²) in [7, 11) is 0. The van der Waals surface area contributed by atoms with Gasteiger partial charge in [-0.2, -0.15) is 0 Å². The van der Waals surface area contributed by atoms with E-state index in [1.165, 1.54) is 4.88 Å². The van der Waals surface area contributed by atoms with Gasteiger partial charge in [-0.15, -0.1) is 11.3 Å². The number of hydrogen-bond acceptors (Lipinski definition) is 3. The second-order valence-corrected chi connectivity index (χ2v) is 6.93. The van der Waals surface area contributed by atoms with Gasteiger partial charge in [-0.3, -0.25) is 9.59 Å². The molecule has 1 unspecified atom stereocenters. The SMILES string of the molecule is Cc1c(Cl)cccc1NC(=O)CC(=O)N1CCC1c1cccs1. The van der Waals surface area contributed by atoms with Crippen LogP contribution in [0.15, 0.2) is 35.7 Å². The second-order valence-electron chi connectivity index (χ2n) is 5.54. The molecule has 0 saturated carbocycles. The minimum atomic E-state index is -0.308. The Bertz CT molecular complexity index is 730. The number of nitrogens with zero attached hydrogens (tertiary/aromatic N) is 1. The van der Waals surface area contributed by atoms with Crippen molar-refractivity contribution in [3.8, 4) is 0 Å². The average molecular weight is 349 g/mol. The Morgan fingerprint density at radius 2 is 2.17 bits per heavy atom. The van der Waals surface area contributed by atoms with Crippen LogP contribution in [0.25, 0.3) is 0 Å². The molecule has 0 spiro atoms. The molecule has 1 N–H and O–H groups in total. The van der Waals surface area contributed by atoms with Crippen LogP contribution in [0.5, 0.6) is 0 Å². The first-order valence-corrected chi connectivity index (χ1v) is 8.70. The van der Waals surface area contributed by atoms with Gasteiger partial charge in [-0.05, 0) is 42.5 Å². The van der Waals surface area contributed by atoms with Crippen molar-refractivity contribution in [1.29, 1.82) is 0 Å². The van der Waals surface area contributed by atoms with Gasteiger partial charge >= 0.3 is 0 Å². The van der Waals surface area contributed by atoms with Crippen LogP contribution in [-0.2, 0) is 9.59 Å². The number of rotatable bonds is 4. The second kappa shape index (κ2) is 6.72. The molecule has 3 rings (SSSR count). The summed E-state index contributed by atoms with van der Waals surface area (Å²) in [5, 5.41) is 5.36. The van der Waals surface area contributed by atoms with E-state index >= 15 is 0 Å². The Morgan fingerprint density at radius 3 is 2.83 bits per heavy atom. The van der Waals surface area contributed by atoms with Crippen LogP contribution < -0.4 is 5.32 Å². The number of carbonyl (C=O) groups excluding carboxylic acids is 2. The Balaban J connectivity index is 1.60.